The van der Waals surface area contributed by atoms with Gasteiger partial charge < -0.3 is 10.4 Å². The topological polar surface area (TPSA) is 49.3 Å². The Morgan fingerprint density at radius 2 is 2.35 bits per heavy atom. The molecule has 2 rings (SSSR count). The summed E-state index contributed by atoms with van der Waals surface area (Å²) < 4.78 is 13.4. The molecular formula is C13H16FNO2. The van der Waals surface area contributed by atoms with Crippen LogP contribution in [0.15, 0.2) is 18.2 Å². The van der Waals surface area contributed by atoms with Gasteiger partial charge in [-0.1, -0.05) is 19.4 Å². The lowest BCUT2D eigenvalue weighted by atomic mass is 10.1. The SMILES string of the molecule is CCCC1CC1NC(=O)c1c(O)cccc1F. The zero-order valence-corrected chi connectivity index (χ0v) is 9.74. The Morgan fingerprint density at radius 3 is 3.00 bits per heavy atom. The van der Waals surface area contributed by atoms with Gasteiger partial charge in [0.2, 0.25) is 0 Å². The standard InChI is InChI=1S/C13H16FNO2/c1-2-4-8-7-10(8)15-13(17)12-9(14)5-3-6-11(12)16/h3,5-6,8,10,16H,2,4,7H2,1H3,(H,15,17). The van der Waals surface area contributed by atoms with E-state index < -0.39 is 11.7 Å². The Morgan fingerprint density at radius 1 is 1.59 bits per heavy atom. The summed E-state index contributed by atoms with van der Waals surface area (Å²) >= 11 is 0. The van der Waals surface area contributed by atoms with Crippen LogP contribution in [-0.4, -0.2) is 17.1 Å². The zero-order chi connectivity index (χ0) is 12.4. The Labute approximate surface area is 99.7 Å². The van der Waals surface area contributed by atoms with Crippen molar-refractivity contribution in [2.45, 2.75) is 32.2 Å². The Bertz CT molecular complexity index is 413. The molecule has 1 aliphatic carbocycles. The first-order chi connectivity index (χ1) is 8.13. The number of benzene rings is 1. The lowest BCUT2D eigenvalue weighted by Crippen LogP contribution is -2.27. The van der Waals surface area contributed by atoms with Gasteiger partial charge in [0, 0.05) is 6.04 Å². The molecule has 2 atom stereocenters. The molecular weight excluding hydrogens is 221 g/mol. The summed E-state index contributed by atoms with van der Waals surface area (Å²) in [4.78, 5) is 11.8. The number of amides is 1. The first kappa shape index (κ1) is 11.9. The molecule has 0 spiro atoms. The molecule has 0 heterocycles. The fourth-order valence-corrected chi connectivity index (χ4v) is 2.09. The van der Waals surface area contributed by atoms with Gasteiger partial charge in [-0.05, 0) is 30.9 Å². The van der Waals surface area contributed by atoms with E-state index in [0.717, 1.165) is 19.3 Å². The molecule has 1 amide bonds. The van der Waals surface area contributed by atoms with Gasteiger partial charge in [0.15, 0.2) is 0 Å². The summed E-state index contributed by atoms with van der Waals surface area (Å²) in [7, 11) is 0. The molecule has 2 unspecified atom stereocenters. The quantitative estimate of drug-likeness (QED) is 0.845. The fraction of sp³-hybridized carbons (Fsp3) is 0.462. The normalized spacial score (nSPS) is 22.2. The number of nitrogens with one attached hydrogen (secondary N) is 1. The zero-order valence-electron chi connectivity index (χ0n) is 9.74. The van der Waals surface area contributed by atoms with Crippen LogP contribution in [0.1, 0.15) is 36.5 Å². The molecule has 17 heavy (non-hydrogen) atoms. The van der Waals surface area contributed by atoms with Gasteiger partial charge in [0.05, 0.1) is 0 Å². The van der Waals surface area contributed by atoms with Gasteiger partial charge in [-0.2, -0.15) is 0 Å². The Balaban J connectivity index is 2.01. The molecule has 1 aromatic rings. The minimum absolute atomic E-state index is 0.140. The summed E-state index contributed by atoms with van der Waals surface area (Å²) in [6, 6.07) is 4.00. The third-order valence-electron chi connectivity index (χ3n) is 3.12. The van der Waals surface area contributed by atoms with E-state index in [1.165, 1.54) is 18.2 Å². The Hall–Kier alpha value is -1.58. The number of carbonyl (C=O) groups excluding carboxylic acids is 1. The highest BCUT2D eigenvalue weighted by Crippen LogP contribution is 2.35. The molecule has 0 aromatic heterocycles. The van der Waals surface area contributed by atoms with E-state index in [1.807, 2.05) is 0 Å². The van der Waals surface area contributed by atoms with E-state index in [1.54, 1.807) is 0 Å². The summed E-state index contributed by atoms with van der Waals surface area (Å²) in [5.74, 6) is -1.01. The molecule has 1 aliphatic rings. The second-order valence-electron chi connectivity index (χ2n) is 4.50. The number of hydrogen-bond donors (Lipinski definition) is 2. The second kappa shape index (κ2) is 4.73. The van der Waals surface area contributed by atoms with Gasteiger partial charge >= 0.3 is 0 Å². The molecule has 4 heteroatoms. The van der Waals surface area contributed by atoms with Crippen molar-refractivity contribution < 1.29 is 14.3 Å². The van der Waals surface area contributed by atoms with Gasteiger partial charge in [-0.25, -0.2) is 4.39 Å². The predicted molar refractivity (Wildman–Crippen MR) is 62.3 cm³/mol. The third kappa shape index (κ3) is 2.57. The molecule has 0 radical (unpaired) electrons. The summed E-state index contributed by atoms with van der Waals surface area (Å²) in [5, 5.41) is 12.2. The third-order valence-corrected chi connectivity index (χ3v) is 3.12. The van der Waals surface area contributed by atoms with Gasteiger partial charge in [0.25, 0.3) is 5.91 Å². The van der Waals surface area contributed by atoms with Crippen molar-refractivity contribution in [3.63, 3.8) is 0 Å². The highest BCUT2D eigenvalue weighted by Gasteiger charge is 2.37. The van der Waals surface area contributed by atoms with Crippen LogP contribution < -0.4 is 5.32 Å². The van der Waals surface area contributed by atoms with Crippen molar-refractivity contribution in [1.82, 2.24) is 5.32 Å². The van der Waals surface area contributed by atoms with Crippen molar-refractivity contribution in [3.05, 3.63) is 29.6 Å². The van der Waals surface area contributed by atoms with E-state index in [4.69, 9.17) is 0 Å². The van der Waals surface area contributed by atoms with E-state index >= 15 is 0 Å². The molecule has 2 N–H and O–H groups in total. The van der Waals surface area contributed by atoms with E-state index in [0.29, 0.717) is 5.92 Å². The van der Waals surface area contributed by atoms with Crippen molar-refractivity contribution >= 4 is 5.91 Å². The number of carbonyl (C=O) groups is 1. The highest BCUT2D eigenvalue weighted by atomic mass is 19.1. The molecule has 1 fully saturated rings. The fourth-order valence-electron chi connectivity index (χ4n) is 2.09. The number of halogens is 1. The van der Waals surface area contributed by atoms with Crippen molar-refractivity contribution in [2.75, 3.05) is 0 Å². The van der Waals surface area contributed by atoms with Crippen LogP contribution in [0.25, 0.3) is 0 Å². The van der Waals surface area contributed by atoms with E-state index in [-0.39, 0.29) is 17.4 Å². The molecule has 0 saturated heterocycles. The highest BCUT2D eigenvalue weighted by molar-refractivity contribution is 5.97. The van der Waals surface area contributed by atoms with Crippen LogP contribution in [0, 0.1) is 11.7 Å². The minimum Gasteiger partial charge on any atom is -0.507 e. The predicted octanol–water partition coefficient (Wildman–Crippen LogP) is 2.45. The van der Waals surface area contributed by atoms with E-state index in [9.17, 15) is 14.3 Å². The van der Waals surface area contributed by atoms with Crippen molar-refractivity contribution in [2.24, 2.45) is 5.92 Å². The van der Waals surface area contributed by atoms with Gasteiger partial charge in [-0.15, -0.1) is 0 Å². The van der Waals surface area contributed by atoms with Crippen LogP contribution in [0.2, 0.25) is 0 Å². The smallest absolute Gasteiger partial charge is 0.258 e. The van der Waals surface area contributed by atoms with Crippen LogP contribution in [-0.2, 0) is 0 Å². The maximum atomic E-state index is 13.4. The number of aromatic hydroxyl groups is 1. The molecule has 1 saturated carbocycles. The van der Waals surface area contributed by atoms with Crippen LogP contribution in [0.3, 0.4) is 0 Å². The van der Waals surface area contributed by atoms with Crippen LogP contribution >= 0.6 is 0 Å². The Kier molecular flexibility index (Phi) is 3.31. The average molecular weight is 237 g/mol. The van der Waals surface area contributed by atoms with Gasteiger partial charge in [0.1, 0.15) is 17.1 Å². The first-order valence-electron chi connectivity index (χ1n) is 5.91. The average Bonchev–Trinajstić information content (AvgIpc) is 2.96. The lowest BCUT2D eigenvalue weighted by molar-refractivity contribution is 0.0942. The number of hydrogen-bond acceptors (Lipinski definition) is 2. The lowest BCUT2D eigenvalue weighted by Gasteiger charge is -2.07. The summed E-state index contributed by atoms with van der Waals surface area (Å²) in [6.07, 6.45) is 3.12. The molecule has 1 aromatic carbocycles. The number of phenolic OH excluding ortho intramolecular Hbond substituents is 1. The molecule has 0 bridgehead atoms. The number of phenols is 1. The largest absolute Gasteiger partial charge is 0.507 e. The molecule has 3 nitrogen and oxygen atoms in total. The van der Waals surface area contributed by atoms with Crippen LogP contribution in [0.5, 0.6) is 5.75 Å². The summed E-state index contributed by atoms with van der Waals surface area (Å²) in [5.41, 5.74) is -0.255. The van der Waals surface area contributed by atoms with E-state index in [2.05, 4.69) is 12.2 Å². The van der Waals surface area contributed by atoms with Crippen molar-refractivity contribution in [1.29, 1.82) is 0 Å². The van der Waals surface area contributed by atoms with Gasteiger partial charge in [-0.3, -0.25) is 4.79 Å². The molecule has 0 aliphatic heterocycles. The van der Waals surface area contributed by atoms with Crippen LogP contribution in [0.4, 0.5) is 4.39 Å². The first-order valence-corrected chi connectivity index (χ1v) is 5.91. The maximum absolute atomic E-state index is 13.4. The maximum Gasteiger partial charge on any atom is 0.258 e. The van der Waals surface area contributed by atoms with Crippen molar-refractivity contribution in [3.8, 4) is 5.75 Å². The molecule has 92 valence electrons. The number of rotatable bonds is 4. The monoisotopic (exact) mass is 237 g/mol. The minimum atomic E-state index is -0.685. The second-order valence-corrected chi connectivity index (χ2v) is 4.50. The summed E-state index contributed by atoms with van der Waals surface area (Å²) in [6.45, 7) is 2.10.